The highest BCUT2D eigenvalue weighted by molar-refractivity contribution is 6.06. The van der Waals surface area contributed by atoms with E-state index in [1.807, 2.05) is 55.8 Å². The highest BCUT2D eigenvalue weighted by Gasteiger charge is 2.10. The number of carbonyl (C=O) groups is 2. The molecule has 0 aliphatic rings. The van der Waals surface area contributed by atoms with Crippen LogP contribution in [0.15, 0.2) is 78.9 Å². The van der Waals surface area contributed by atoms with Crippen LogP contribution < -0.4 is 15.4 Å². The predicted molar refractivity (Wildman–Crippen MR) is 133 cm³/mol. The third kappa shape index (κ3) is 5.32. The van der Waals surface area contributed by atoms with Crippen molar-refractivity contribution in [2.75, 3.05) is 17.2 Å². The van der Waals surface area contributed by atoms with Crippen LogP contribution in [0.1, 0.15) is 39.0 Å². The van der Waals surface area contributed by atoms with Crippen LogP contribution in [-0.2, 0) is 0 Å². The summed E-state index contributed by atoms with van der Waals surface area (Å²) in [5.41, 5.74) is 5.16. The lowest BCUT2D eigenvalue weighted by atomic mass is 10.1. The van der Waals surface area contributed by atoms with E-state index >= 15 is 0 Å². The first-order valence-electron chi connectivity index (χ1n) is 11.0. The maximum absolute atomic E-state index is 12.6. The average Bonchev–Trinajstić information content (AvgIpc) is 3.18. The van der Waals surface area contributed by atoms with Gasteiger partial charge in [0.05, 0.1) is 18.0 Å². The second kappa shape index (κ2) is 10.0. The van der Waals surface area contributed by atoms with E-state index in [0.29, 0.717) is 29.1 Å². The summed E-state index contributed by atoms with van der Waals surface area (Å²) in [6.45, 7) is 6.44. The van der Waals surface area contributed by atoms with Crippen LogP contribution in [-0.4, -0.2) is 28.2 Å². The predicted octanol–water partition coefficient (Wildman–Crippen LogP) is 5.39. The Labute approximate surface area is 198 Å². The minimum absolute atomic E-state index is 0.230. The molecule has 1 aromatic heterocycles. The maximum atomic E-state index is 12.6. The number of hydrogen-bond acceptors (Lipinski definition) is 4. The number of benzene rings is 3. The lowest BCUT2D eigenvalue weighted by Gasteiger charge is -2.09. The molecular formula is C27H26N4O3. The first-order valence-corrected chi connectivity index (χ1v) is 11.0. The molecule has 7 nitrogen and oxygen atoms in total. The van der Waals surface area contributed by atoms with Crippen molar-refractivity contribution in [2.24, 2.45) is 0 Å². The molecule has 7 heteroatoms. The standard InChI is InChI=1S/C27H26N4O3/c1-4-34-25-15-11-23(12-16-25)29-26(32)20-5-9-22(10-6-20)28-27(33)21-7-13-24(14-8-21)31-19(3)17-18(2)30-31/h5-17H,4H2,1-3H3,(H,28,33)(H,29,32). The molecule has 172 valence electrons. The quantitative estimate of drug-likeness (QED) is 0.392. The molecule has 0 unspecified atom stereocenters. The van der Waals surface area contributed by atoms with Crippen molar-refractivity contribution < 1.29 is 14.3 Å². The summed E-state index contributed by atoms with van der Waals surface area (Å²) in [6, 6.07) is 23.2. The van der Waals surface area contributed by atoms with E-state index in [4.69, 9.17) is 4.74 Å². The van der Waals surface area contributed by atoms with Gasteiger partial charge in [0, 0.05) is 28.2 Å². The van der Waals surface area contributed by atoms with Crippen LogP contribution in [0.2, 0.25) is 0 Å². The zero-order chi connectivity index (χ0) is 24.1. The normalized spacial score (nSPS) is 10.6. The van der Waals surface area contributed by atoms with Gasteiger partial charge >= 0.3 is 0 Å². The number of rotatable bonds is 7. The van der Waals surface area contributed by atoms with E-state index in [0.717, 1.165) is 22.8 Å². The summed E-state index contributed by atoms with van der Waals surface area (Å²) in [4.78, 5) is 25.2. The van der Waals surface area contributed by atoms with Gasteiger partial charge in [0.1, 0.15) is 5.75 Å². The van der Waals surface area contributed by atoms with Crippen LogP contribution in [0.3, 0.4) is 0 Å². The fourth-order valence-electron chi connectivity index (χ4n) is 3.56. The van der Waals surface area contributed by atoms with Crippen molar-refractivity contribution in [1.29, 1.82) is 0 Å². The van der Waals surface area contributed by atoms with Gasteiger partial charge in [-0.1, -0.05) is 0 Å². The van der Waals surface area contributed by atoms with E-state index in [2.05, 4.69) is 15.7 Å². The molecule has 0 spiro atoms. The Bertz CT molecular complexity index is 1290. The van der Waals surface area contributed by atoms with Crippen LogP contribution in [0.25, 0.3) is 5.69 Å². The Kier molecular flexibility index (Phi) is 6.73. The highest BCUT2D eigenvalue weighted by atomic mass is 16.5. The monoisotopic (exact) mass is 454 g/mol. The molecule has 0 fully saturated rings. The van der Waals surface area contributed by atoms with Crippen LogP contribution in [0.4, 0.5) is 11.4 Å². The number of amides is 2. The molecular weight excluding hydrogens is 428 g/mol. The van der Waals surface area contributed by atoms with Gasteiger partial charge in [0.25, 0.3) is 11.8 Å². The van der Waals surface area contributed by atoms with Crippen LogP contribution in [0, 0.1) is 13.8 Å². The zero-order valence-corrected chi connectivity index (χ0v) is 19.3. The lowest BCUT2D eigenvalue weighted by molar-refractivity contribution is 0.102. The van der Waals surface area contributed by atoms with Gasteiger partial charge in [-0.25, -0.2) is 4.68 Å². The first-order chi connectivity index (χ1) is 16.4. The molecule has 4 rings (SSSR count). The number of nitrogens with zero attached hydrogens (tertiary/aromatic N) is 2. The summed E-state index contributed by atoms with van der Waals surface area (Å²) in [5.74, 6) is 0.287. The molecule has 0 bridgehead atoms. The number of nitrogens with one attached hydrogen (secondary N) is 2. The maximum Gasteiger partial charge on any atom is 0.255 e. The Balaban J connectivity index is 1.36. The Morgan fingerprint density at radius 1 is 0.794 bits per heavy atom. The molecule has 0 aliphatic heterocycles. The van der Waals surface area contributed by atoms with Gasteiger partial charge in [0.15, 0.2) is 0 Å². The summed E-state index contributed by atoms with van der Waals surface area (Å²) in [6.07, 6.45) is 0. The minimum Gasteiger partial charge on any atom is -0.494 e. The first kappa shape index (κ1) is 22.8. The molecule has 4 aromatic rings. The molecule has 0 aliphatic carbocycles. The van der Waals surface area contributed by atoms with Crippen molar-refractivity contribution in [3.05, 3.63) is 101 Å². The van der Waals surface area contributed by atoms with Crippen molar-refractivity contribution in [3.8, 4) is 11.4 Å². The van der Waals surface area contributed by atoms with Crippen molar-refractivity contribution in [1.82, 2.24) is 9.78 Å². The van der Waals surface area contributed by atoms with E-state index in [-0.39, 0.29) is 11.8 Å². The van der Waals surface area contributed by atoms with Crippen molar-refractivity contribution in [3.63, 3.8) is 0 Å². The number of aromatic nitrogens is 2. The van der Waals surface area contributed by atoms with Gasteiger partial charge in [-0.2, -0.15) is 5.10 Å². The van der Waals surface area contributed by atoms with Gasteiger partial charge in [-0.3, -0.25) is 9.59 Å². The summed E-state index contributed by atoms with van der Waals surface area (Å²) in [5, 5.41) is 10.2. The van der Waals surface area contributed by atoms with Gasteiger partial charge < -0.3 is 15.4 Å². The molecule has 2 amide bonds. The molecule has 1 heterocycles. The molecule has 34 heavy (non-hydrogen) atoms. The molecule has 3 aromatic carbocycles. The molecule has 0 saturated carbocycles. The number of carbonyl (C=O) groups excluding carboxylic acids is 2. The van der Waals surface area contributed by atoms with Crippen LogP contribution >= 0.6 is 0 Å². The number of ether oxygens (including phenoxy) is 1. The topological polar surface area (TPSA) is 85.3 Å². The van der Waals surface area contributed by atoms with E-state index in [1.54, 1.807) is 48.5 Å². The molecule has 0 saturated heterocycles. The smallest absolute Gasteiger partial charge is 0.255 e. The van der Waals surface area contributed by atoms with Crippen molar-refractivity contribution >= 4 is 23.2 Å². The van der Waals surface area contributed by atoms with Gasteiger partial charge in [-0.15, -0.1) is 0 Å². The Morgan fingerprint density at radius 3 is 1.76 bits per heavy atom. The number of hydrogen-bond donors (Lipinski definition) is 2. The molecule has 0 radical (unpaired) electrons. The largest absolute Gasteiger partial charge is 0.494 e. The van der Waals surface area contributed by atoms with Gasteiger partial charge in [-0.05, 0) is 99.6 Å². The van der Waals surface area contributed by atoms with E-state index in [1.165, 1.54) is 0 Å². The number of anilines is 2. The highest BCUT2D eigenvalue weighted by Crippen LogP contribution is 2.18. The van der Waals surface area contributed by atoms with E-state index < -0.39 is 0 Å². The fraction of sp³-hybridized carbons (Fsp3) is 0.148. The minimum atomic E-state index is -0.234. The SMILES string of the molecule is CCOc1ccc(NC(=O)c2ccc(NC(=O)c3ccc(-n4nc(C)cc4C)cc3)cc2)cc1. The third-order valence-electron chi connectivity index (χ3n) is 5.21. The lowest BCUT2D eigenvalue weighted by Crippen LogP contribution is -2.14. The molecule has 0 atom stereocenters. The Hall–Kier alpha value is -4.39. The second-order valence-corrected chi connectivity index (χ2v) is 7.83. The summed E-state index contributed by atoms with van der Waals surface area (Å²) >= 11 is 0. The molecule has 2 N–H and O–H groups in total. The van der Waals surface area contributed by atoms with Crippen molar-refractivity contribution in [2.45, 2.75) is 20.8 Å². The zero-order valence-electron chi connectivity index (χ0n) is 19.3. The van der Waals surface area contributed by atoms with Crippen LogP contribution in [0.5, 0.6) is 5.75 Å². The summed E-state index contributed by atoms with van der Waals surface area (Å²) in [7, 11) is 0. The third-order valence-corrected chi connectivity index (χ3v) is 5.21. The summed E-state index contributed by atoms with van der Waals surface area (Å²) < 4.78 is 7.25. The van der Waals surface area contributed by atoms with E-state index in [9.17, 15) is 9.59 Å². The Morgan fingerprint density at radius 2 is 1.29 bits per heavy atom. The van der Waals surface area contributed by atoms with Gasteiger partial charge in [0.2, 0.25) is 0 Å². The average molecular weight is 455 g/mol. The fourth-order valence-corrected chi connectivity index (χ4v) is 3.56. The number of aryl methyl sites for hydroxylation is 2. The second-order valence-electron chi connectivity index (χ2n) is 7.83.